The van der Waals surface area contributed by atoms with E-state index in [0.29, 0.717) is 18.2 Å². The molecule has 3 N–H and O–H groups in total. The molecule has 0 aromatic heterocycles. The van der Waals surface area contributed by atoms with Crippen LogP contribution in [0.5, 0.6) is 0 Å². The highest BCUT2D eigenvalue weighted by Crippen LogP contribution is 2.31. The molecule has 88 valence electrons. The Labute approximate surface area is 87.5 Å². The molecule has 7 heteroatoms. The van der Waals surface area contributed by atoms with E-state index >= 15 is 0 Å². The molecule has 0 saturated heterocycles. The molecule has 3 nitrogen and oxygen atoms in total. The van der Waals surface area contributed by atoms with Crippen molar-refractivity contribution < 1.29 is 27.5 Å². The van der Waals surface area contributed by atoms with E-state index < -0.39 is 35.1 Å². The van der Waals surface area contributed by atoms with Gasteiger partial charge in [-0.3, -0.25) is 0 Å². The van der Waals surface area contributed by atoms with Crippen LogP contribution in [0.4, 0.5) is 17.6 Å². The Balaban J connectivity index is 3.20. The average molecular weight is 237 g/mol. The zero-order chi connectivity index (χ0) is 12.5. The lowest BCUT2D eigenvalue weighted by Gasteiger charge is -2.16. The molecular formula is C9H7F4NO2. The molecule has 1 aromatic rings. The van der Waals surface area contributed by atoms with Crippen molar-refractivity contribution >= 4 is 5.97 Å². The molecule has 16 heavy (non-hydrogen) atoms. The van der Waals surface area contributed by atoms with Gasteiger partial charge in [-0.1, -0.05) is 0 Å². The summed E-state index contributed by atoms with van der Waals surface area (Å²) in [5.41, 5.74) is 3.63. The number of nitrogens with two attached hydrogens (primary N) is 1. The average Bonchev–Trinajstić information content (AvgIpc) is 2.14. The van der Waals surface area contributed by atoms with Crippen LogP contribution in [0.1, 0.15) is 22.0 Å². The summed E-state index contributed by atoms with van der Waals surface area (Å²) in [5.74, 6) is -2.59. The lowest BCUT2D eigenvalue weighted by atomic mass is 10.0. The second-order valence-corrected chi connectivity index (χ2v) is 3.10. The number of carboxylic acids is 1. The molecule has 0 spiro atoms. The van der Waals surface area contributed by atoms with Gasteiger partial charge in [-0.25, -0.2) is 9.18 Å². The van der Waals surface area contributed by atoms with Gasteiger partial charge in [0.05, 0.1) is 5.56 Å². The third-order valence-electron chi connectivity index (χ3n) is 1.88. The maximum Gasteiger partial charge on any atom is 0.407 e. The molecule has 0 unspecified atom stereocenters. The summed E-state index contributed by atoms with van der Waals surface area (Å²) in [6, 6.07) is -0.524. The minimum Gasteiger partial charge on any atom is -0.478 e. The van der Waals surface area contributed by atoms with Crippen LogP contribution in [0.3, 0.4) is 0 Å². The highest BCUT2D eigenvalue weighted by Gasteiger charge is 2.38. The second kappa shape index (κ2) is 4.09. The summed E-state index contributed by atoms with van der Waals surface area (Å²) in [6.45, 7) is 0. The summed E-state index contributed by atoms with van der Waals surface area (Å²) in [7, 11) is 0. The third kappa shape index (κ3) is 2.69. The highest BCUT2D eigenvalue weighted by atomic mass is 19.4. The molecule has 0 fully saturated rings. The summed E-state index contributed by atoms with van der Waals surface area (Å²) in [5, 5.41) is 8.53. The van der Waals surface area contributed by atoms with Crippen LogP contribution in [-0.2, 0) is 0 Å². The Morgan fingerprint density at radius 1 is 1.31 bits per heavy atom. The van der Waals surface area contributed by atoms with Gasteiger partial charge >= 0.3 is 12.1 Å². The topological polar surface area (TPSA) is 63.3 Å². The molecule has 0 aliphatic heterocycles. The molecule has 0 aliphatic rings. The number of alkyl halides is 3. The van der Waals surface area contributed by atoms with Gasteiger partial charge in [0.15, 0.2) is 0 Å². The summed E-state index contributed by atoms with van der Waals surface area (Å²) in [4.78, 5) is 10.5. The van der Waals surface area contributed by atoms with Crippen molar-refractivity contribution in [2.24, 2.45) is 5.73 Å². The quantitative estimate of drug-likeness (QED) is 0.774. The van der Waals surface area contributed by atoms with E-state index in [4.69, 9.17) is 10.8 Å². The normalized spacial score (nSPS) is 13.6. The SMILES string of the molecule is N[C@H](c1cc(F)cc(C(=O)O)c1)C(F)(F)F. The van der Waals surface area contributed by atoms with Crippen LogP contribution in [0.25, 0.3) is 0 Å². The Morgan fingerprint density at radius 3 is 2.31 bits per heavy atom. The Bertz CT molecular complexity index is 416. The highest BCUT2D eigenvalue weighted by molar-refractivity contribution is 5.87. The van der Waals surface area contributed by atoms with Gasteiger partial charge in [0.25, 0.3) is 0 Å². The van der Waals surface area contributed by atoms with E-state index in [-0.39, 0.29) is 0 Å². The number of rotatable bonds is 2. The van der Waals surface area contributed by atoms with Gasteiger partial charge in [0, 0.05) is 0 Å². The first-order valence-corrected chi connectivity index (χ1v) is 4.08. The largest absolute Gasteiger partial charge is 0.478 e. The molecule has 1 aromatic carbocycles. The minimum atomic E-state index is -4.75. The predicted octanol–water partition coefficient (Wildman–Crippen LogP) is 2.09. The van der Waals surface area contributed by atoms with Crippen LogP contribution in [0.15, 0.2) is 18.2 Å². The predicted molar refractivity (Wildman–Crippen MR) is 46.3 cm³/mol. The smallest absolute Gasteiger partial charge is 0.407 e. The van der Waals surface area contributed by atoms with Gasteiger partial charge < -0.3 is 10.8 Å². The van der Waals surface area contributed by atoms with Crippen LogP contribution in [0, 0.1) is 5.82 Å². The van der Waals surface area contributed by atoms with E-state index in [0.717, 1.165) is 0 Å². The Kier molecular flexibility index (Phi) is 3.18. The maximum absolute atomic E-state index is 12.9. The minimum absolute atomic E-state index is 0.560. The monoisotopic (exact) mass is 237 g/mol. The number of hydrogen-bond acceptors (Lipinski definition) is 2. The van der Waals surface area contributed by atoms with Crippen molar-refractivity contribution in [3.63, 3.8) is 0 Å². The van der Waals surface area contributed by atoms with E-state index in [9.17, 15) is 22.4 Å². The maximum atomic E-state index is 12.9. The molecule has 0 radical (unpaired) electrons. The second-order valence-electron chi connectivity index (χ2n) is 3.10. The van der Waals surface area contributed by atoms with E-state index in [1.807, 2.05) is 0 Å². The molecule has 0 aliphatic carbocycles. The summed E-state index contributed by atoms with van der Waals surface area (Å²) < 4.78 is 49.5. The zero-order valence-corrected chi connectivity index (χ0v) is 7.75. The van der Waals surface area contributed by atoms with Crippen LogP contribution in [0.2, 0.25) is 0 Å². The van der Waals surface area contributed by atoms with Crippen molar-refractivity contribution in [2.75, 3.05) is 0 Å². The Morgan fingerprint density at radius 2 is 1.88 bits per heavy atom. The standard InChI is InChI=1S/C9H7F4NO2/c10-6-2-4(7(14)9(11,12)13)1-5(3-6)8(15)16/h1-3,7H,14H2,(H,15,16)/t7-/m1/s1. The fraction of sp³-hybridized carbons (Fsp3) is 0.222. The fourth-order valence-electron chi connectivity index (χ4n) is 1.10. The number of carbonyl (C=O) groups is 1. The summed E-state index contributed by atoms with van der Waals surface area (Å²) in [6.07, 6.45) is -4.75. The van der Waals surface area contributed by atoms with Gasteiger partial charge in [0.1, 0.15) is 11.9 Å². The van der Waals surface area contributed by atoms with Crippen LogP contribution in [-0.4, -0.2) is 17.3 Å². The van der Waals surface area contributed by atoms with Crippen molar-refractivity contribution in [1.29, 1.82) is 0 Å². The lowest BCUT2D eigenvalue weighted by molar-refractivity contribution is -0.149. The van der Waals surface area contributed by atoms with Crippen LogP contribution < -0.4 is 5.73 Å². The molecular weight excluding hydrogens is 230 g/mol. The molecule has 1 rings (SSSR count). The molecule has 0 saturated carbocycles. The zero-order valence-electron chi connectivity index (χ0n) is 7.75. The van der Waals surface area contributed by atoms with Crippen molar-refractivity contribution in [1.82, 2.24) is 0 Å². The van der Waals surface area contributed by atoms with Gasteiger partial charge in [-0.2, -0.15) is 13.2 Å². The van der Waals surface area contributed by atoms with Gasteiger partial charge in [-0.05, 0) is 23.8 Å². The number of halogens is 4. The van der Waals surface area contributed by atoms with E-state index in [1.165, 1.54) is 0 Å². The van der Waals surface area contributed by atoms with Crippen molar-refractivity contribution in [3.05, 3.63) is 35.1 Å². The first kappa shape index (κ1) is 12.4. The van der Waals surface area contributed by atoms with Crippen LogP contribution >= 0.6 is 0 Å². The molecule has 0 heterocycles. The Hall–Kier alpha value is -1.63. The van der Waals surface area contributed by atoms with Gasteiger partial charge in [0.2, 0.25) is 0 Å². The van der Waals surface area contributed by atoms with E-state index in [2.05, 4.69) is 0 Å². The number of aromatic carboxylic acids is 1. The number of carboxylic acid groups (broad SMARTS) is 1. The van der Waals surface area contributed by atoms with E-state index in [1.54, 1.807) is 0 Å². The molecule has 0 bridgehead atoms. The summed E-state index contributed by atoms with van der Waals surface area (Å²) >= 11 is 0. The fourth-order valence-corrected chi connectivity index (χ4v) is 1.10. The molecule has 0 amide bonds. The first-order valence-electron chi connectivity index (χ1n) is 4.08. The first-order chi connectivity index (χ1) is 7.21. The lowest BCUT2D eigenvalue weighted by Crippen LogP contribution is -2.28. The van der Waals surface area contributed by atoms with Crippen molar-refractivity contribution in [2.45, 2.75) is 12.2 Å². The number of benzene rings is 1. The third-order valence-corrected chi connectivity index (χ3v) is 1.88. The van der Waals surface area contributed by atoms with Crippen molar-refractivity contribution in [3.8, 4) is 0 Å². The number of hydrogen-bond donors (Lipinski definition) is 2. The van der Waals surface area contributed by atoms with Gasteiger partial charge in [-0.15, -0.1) is 0 Å². The molecule has 1 atom stereocenters.